The van der Waals surface area contributed by atoms with Crippen LogP contribution in [0.15, 0.2) is 42.5 Å². The van der Waals surface area contributed by atoms with Crippen LogP contribution in [0, 0.1) is 6.92 Å². The van der Waals surface area contributed by atoms with E-state index in [1.54, 1.807) is 0 Å². The predicted molar refractivity (Wildman–Crippen MR) is 104 cm³/mol. The lowest BCUT2D eigenvalue weighted by molar-refractivity contribution is -0.147. The first-order chi connectivity index (χ1) is 13.1. The molecule has 142 valence electrons. The van der Waals surface area contributed by atoms with Gasteiger partial charge in [-0.2, -0.15) is 0 Å². The number of ether oxygens (including phenoxy) is 2. The van der Waals surface area contributed by atoms with Gasteiger partial charge in [0.2, 0.25) is 0 Å². The van der Waals surface area contributed by atoms with Gasteiger partial charge in [-0.25, -0.2) is 0 Å². The van der Waals surface area contributed by atoms with Crippen molar-refractivity contribution in [1.29, 1.82) is 0 Å². The van der Waals surface area contributed by atoms with Crippen LogP contribution in [0.3, 0.4) is 0 Å². The molecule has 0 saturated heterocycles. The Morgan fingerprint density at radius 3 is 2.63 bits per heavy atom. The Morgan fingerprint density at radius 1 is 1.04 bits per heavy atom. The summed E-state index contributed by atoms with van der Waals surface area (Å²) in [5, 5.41) is 2.78. The molecule has 1 aliphatic carbocycles. The van der Waals surface area contributed by atoms with Gasteiger partial charge in [-0.15, -0.1) is 0 Å². The standard InChI is InChI=1S/C22H25NO4/c1-16-7-11-20(12-8-16)26-13-3-6-22(25)27-15-21(24)23-19-10-9-17-4-2-5-18(17)14-19/h7-12,14H,2-6,13,15H2,1H3,(H,23,24). The zero-order valence-corrected chi connectivity index (χ0v) is 15.6. The smallest absolute Gasteiger partial charge is 0.306 e. The summed E-state index contributed by atoms with van der Waals surface area (Å²) in [6, 6.07) is 13.7. The number of carbonyl (C=O) groups is 2. The van der Waals surface area contributed by atoms with E-state index in [0.717, 1.165) is 30.7 Å². The topological polar surface area (TPSA) is 64.6 Å². The third-order valence-electron chi connectivity index (χ3n) is 4.56. The molecule has 0 aliphatic heterocycles. The first-order valence-corrected chi connectivity index (χ1v) is 9.37. The maximum atomic E-state index is 11.9. The molecule has 1 N–H and O–H groups in total. The summed E-state index contributed by atoms with van der Waals surface area (Å²) in [5.41, 5.74) is 4.57. The highest BCUT2D eigenvalue weighted by molar-refractivity contribution is 5.92. The Balaban J connectivity index is 1.31. The Bertz CT molecular complexity index is 798. The second-order valence-corrected chi connectivity index (χ2v) is 6.81. The minimum Gasteiger partial charge on any atom is -0.494 e. The van der Waals surface area contributed by atoms with E-state index in [-0.39, 0.29) is 18.9 Å². The first kappa shape index (κ1) is 19.0. The van der Waals surface area contributed by atoms with Gasteiger partial charge in [0.15, 0.2) is 6.61 Å². The predicted octanol–water partition coefficient (Wildman–Crippen LogP) is 3.82. The van der Waals surface area contributed by atoms with Crippen molar-refractivity contribution >= 4 is 17.6 Å². The van der Waals surface area contributed by atoms with E-state index >= 15 is 0 Å². The molecule has 0 bridgehead atoms. The minimum absolute atomic E-state index is 0.220. The molecule has 0 unspecified atom stereocenters. The van der Waals surface area contributed by atoms with E-state index in [0.29, 0.717) is 13.0 Å². The van der Waals surface area contributed by atoms with Crippen molar-refractivity contribution in [3.8, 4) is 5.75 Å². The molecule has 0 saturated carbocycles. The number of benzene rings is 2. The van der Waals surface area contributed by atoms with Gasteiger partial charge < -0.3 is 14.8 Å². The molecule has 0 heterocycles. The molecule has 2 aromatic rings. The highest BCUT2D eigenvalue weighted by Gasteiger charge is 2.12. The van der Waals surface area contributed by atoms with Crippen LogP contribution >= 0.6 is 0 Å². The Labute approximate surface area is 159 Å². The number of nitrogens with one attached hydrogen (secondary N) is 1. The number of anilines is 1. The third-order valence-corrected chi connectivity index (χ3v) is 4.56. The summed E-state index contributed by atoms with van der Waals surface area (Å²) in [7, 11) is 0. The molecule has 0 aromatic heterocycles. The normalized spacial score (nSPS) is 12.3. The van der Waals surface area contributed by atoms with Crippen LogP contribution in [0.4, 0.5) is 5.69 Å². The number of hydrogen-bond acceptors (Lipinski definition) is 4. The van der Waals surface area contributed by atoms with Gasteiger partial charge in [-0.05, 0) is 68.0 Å². The summed E-state index contributed by atoms with van der Waals surface area (Å²) in [6.07, 6.45) is 4.09. The van der Waals surface area contributed by atoms with E-state index in [2.05, 4.69) is 11.4 Å². The molecular weight excluding hydrogens is 342 g/mol. The minimum atomic E-state index is -0.397. The van der Waals surface area contributed by atoms with Crippen molar-refractivity contribution in [2.75, 3.05) is 18.5 Å². The Hall–Kier alpha value is -2.82. The van der Waals surface area contributed by atoms with Gasteiger partial charge in [0.1, 0.15) is 5.75 Å². The molecule has 27 heavy (non-hydrogen) atoms. The molecule has 2 aromatic carbocycles. The maximum absolute atomic E-state index is 11.9. The van der Waals surface area contributed by atoms with Gasteiger partial charge in [0.05, 0.1) is 6.61 Å². The highest BCUT2D eigenvalue weighted by atomic mass is 16.5. The van der Waals surface area contributed by atoms with E-state index < -0.39 is 5.97 Å². The third kappa shape index (κ3) is 5.84. The number of amides is 1. The number of hydrogen-bond donors (Lipinski definition) is 1. The lowest BCUT2D eigenvalue weighted by atomic mass is 10.1. The zero-order chi connectivity index (χ0) is 19.1. The van der Waals surface area contributed by atoms with Crippen LogP contribution in [0.1, 0.15) is 36.0 Å². The fraction of sp³-hybridized carbons (Fsp3) is 0.364. The SMILES string of the molecule is Cc1ccc(OCCCC(=O)OCC(=O)Nc2ccc3c(c2)CCC3)cc1. The van der Waals surface area contributed by atoms with Gasteiger partial charge in [0, 0.05) is 12.1 Å². The summed E-state index contributed by atoms with van der Waals surface area (Å²) in [5.74, 6) is 0.0616. The average Bonchev–Trinajstić information content (AvgIpc) is 3.13. The number of aryl methyl sites for hydroxylation is 3. The van der Waals surface area contributed by atoms with Crippen molar-refractivity contribution in [3.05, 3.63) is 59.2 Å². The van der Waals surface area contributed by atoms with Crippen molar-refractivity contribution in [2.45, 2.75) is 39.0 Å². The number of esters is 1. The lowest BCUT2D eigenvalue weighted by Crippen LogP contribution is -2.21. The van der Waals surface area contributed by atoms with Crippen LogP contribution in [-0.4, -0.2) is 25.1 Å². The average molecular weight is 367 g/mol. The molecule has 1 aliphatic rings. The zero-order valence-electron chi connectivity index (χ0n) is 15.6. The molecule has 0 spiro atoms. The highest BCUT2D eigenvalue weighted by Crippen LogP contribution is 2.24. The lowest BCUT2D eigenvalue weighted by Gasteiger charge is -2.09. The second-order valence-electron chi connectivity index (χ2n) is 6.81. The summed E-state index contributed by atoms with van der Waals surface area (Å²) in [4.78, 5) is 23.7. The molecule has 0 radical (unpaired) electrons. The van der Waals surface area contributed by atoms with E-state index in [1.165, 1.54) is 16.7 Å². The van der Waals surface area contributed by atoms with Crippen LogP contribution in [-0.2, 0) is 27.2 Å². The molecule has 5 heteroatoms. The fourth-order valence-corrected chi connectivity index (χ4v) is 3.11. The van der Waals surface area contributed by atoms with Crippen LogP contribution < -0.4 is 10.1 Å². The largest absolute Gasteiger partial charge is 0.494 e. The van der Waals surface area contributed by atoms with Crippen molar-refractivity contribution in [1.82, 2.24) is 0 Å². The molecule has 3 rings (SSSR count). The first-order valence-electron chi connectivity index (χ1n) is 9.37. The number of rotatable bonds is 8. The van der Waals surface area contributed by atoms with E-state index in [1.807, 2.05) is 43.3 Å². The monoisotopic (exact) mass is 367 g/mol. The number of fused-ring (bicyclic) bond motifs is 1. The molecule has 0 fully saturated rings. The second kappa shape index (κ2) is 9.21. The van der Waals surface area contributed by atoms with E-state index in [9.17, 15) is 9.59 Å². The molecular formula is C22H25NO4. The van der Waals surface area contributed by atoms with E-state index in [4.69, 9.17) is 9.47 Å². The maximum Gasteiger partial charge on any atom is 0.306 e. The van der Waals surface area contributed by atoms with Crippen LogP contribution in [0.5, 0.6) is 5.75 Å². The van der Waals surface area contributed by atoms with Gasteiger partial charge in [0.25, 0.3) is 5.91 Å². The molecule has 1 amide bonds. The van der Waals surface area contributed by atoms with Crippen molar-refractivity contribution in [2.24, 2.45) is 0 Å². The molecule has 5 nitrogen and oxygen atoms in total. The quantitative estimate of drug-likeness (QED) is 0.569. The molecule has 0 atom stereocenters. The van der Waals surface area contributed by atoms with Gasteiger partial charge in [-0.1, -0.05) is 23.8 Å². The van der Waals surface area contributed by atoms with Gasteiger partial charge >= 0.3 is 5.97 Å². The van der Waals surface area contributed by atoms with Gasteiger partial charge in [-0.3, -0.25) is 9.59 Å². The summed E-state index contributed by atoms with van der Waals surface area (Å²) >= 11 is 0. The Kier molecular flexibility index (Phi) is 6.47. The summed E-state index contributed by atoms with van der Waals surface area (Å²) in [6.45, 7) is 2.18. The number of carbonyl (C=O) groups excluding carboxylic acids is 2. The summed E-state index contributed by atoms with van der Waals surface area (Å²) < 4.78 is 10.6. The van der Waals surface area contributed by atoms with Crippen LogP contribution in [0.25, 0.3) is 0 Å². The fourth-order valence-electron chi connectivity index (χ4n) is 3.11. The van der Waals surface area contributed by atoms with Crippen molar-refractivity contribution < 1.29 is 19.1 Å². The van der Waals surface area contributed by atoms with Crippen LogP contribution in [0.2, 0.25) is 0 Å². The Morgan fingerprint density at radius 2 is 1.81 bits per heavy atom. The van der Waals surface area contributed by atoms with Crippen molar-refractivity contribution in [3.63, 3.8) is 0 Å².